The van der Waals surface area contributed by atoms with Crippen LogP contribution in [0.1, 0.15) is 8.22 Å². The first-order valence-electron chi connectivity index (χ1n) is 11.9. The number of ether oxygens (including phenoxy) is 2. The van der Waals surface area contributed by atoms with Crippen LogP contribution in [0, 0.1) is 12.3 Å². The molecule has 0 aliphatic carbocycles. The Morgan fingerprint density at radius 1 is 1.07 bits per heavy atom. The number of fused-ring (bicyclic) bond motifs is 1. The van der Waals surface area contributed by atoms with Crippen LogP contribution >= 0.6 is 0 Å². The summed E-state index contributed by atoms with van der Waals surface area (Å²) in [5.74, 6) is 2.36. The van der Waals surface area contributed by atoms with E-state index in [1.54, 1.807) is 40.2 Å². The molecule has 0 radical (unpaired) electrons. The second-order valence-electron chi connectivity index (χ2n) is 6.49. The largest absolute Gasteiger partial charge is 0.497 e. The SMILES string of the molecule is [2H]C([2H])([2H])Oc1cc(OC([2H])([2H])[2H])cc(N(CC#C)c2ccc3ncc(-c4cnn(C)c4)nc3c2)c1. The molecule has 0 fully saturated rings. The topological polar surface area (TPSA) is 65.3 Å². The maximum atomic E-state index is 7.42. The Morgan fingerprint density at radius 3 is 2.53 bits per heavy atom. The minimum atomic E-state index is -2.76. The van der Waals surface area contributed by atoms with E-state index in [0.29, 0.717) is 28.1 Å². The van der Waals surface area contributed by atoms with E-state index in [1.165, 1.54) is 18.2 Å². The molecule has 4 aromatic rings. The summed E-state index contributed by atoms with van der Waals surface area (Å²) in [5.41, 5.74) is 3.66. The highest BCUT2D eigenvalue weighted by atomic mass is 16.5. The van der Waals surface area contributed by atoms with E-state index >= 15 is 0 Å². The molecule has 7 heteroatoms. The lowest BCUT2D eigenvalue weighted by Gasteiger charge is -2.24. The van der Waals surface area contributed by atoms with Crippen LogP contribution in [0.25, 0.3) is 22.3 Å². The van der Waals surface area contributed by atoms with Gasteiger partial charge in [-0.3, -0.25) is 9.67 Å². The Balaban J connectivity index is 1.79. The van der Waals surface area contributed by atoms with Crippen molar-refractivity contribution < 1.29 is 17.7 Å². The van der Waals surface area contributed by atoms with Crippen molar-refractivity contribution in [2.24, 2.45) is 7.05 Å². The van der Waals surface area contributed by atoms with Crippen LogP contribution in [0.5, 0.6) is 11.5 Å². The first-order valence-corrected chi connectivity index (χ1v) is 8.90. The summed E-state index contributed by atoms with van der Waals surface area (Å²) in [4.78, 5) is 10.8. The fraction of sp³-hybridized carbons (Fsp3) is 0.174. The van der Waals surface area contributed by atoms with Gasteiger partial charge >= 0.3 is 0 Å². The molecule has 30 heavy (non-hydrogen) atoms. The molecule has 0 unspecified atom stereocenters. The zero-order chi connectivity index (χ0) is 26.1. The van der Waals surface area contributed by atoms with Crippen molar-refractivity contribution in [1.82, 2.24) is 19.7 Å². The highest BCUT2D eigenvalue weighted by Crippen LogP contribution is 2.33. The summed E-state index contributed by atoms with van der Waals surface area (Å²) in [6, 6.07) is 9.41. The zero-order valence-corrected chi connectivity index (χ0v) is 16.0. The van der Waals surface area contributed by atoms with Crippen molar-refractivity contribution in [3.8, 4) is 35.1 Å². The lowest BCUT2D eigenvalue weighted by Crippen LogP contribution is -2.17. The van der Waals surface area contributed by atoms with Gasteiger partial charge in [-0.2, -0.15) is 5.10 Å². The van der Waals surface area contributed by atoms with Crippen molar-refractivity contribution in [3.05, 3.63) is 55.0 Å². The fourth-order valence-electron chi connectivity index (χ4n) is 3.11. The summed E-state index contributed by atoms with van der Waals surface area (Å²) in [6.07, 6.45) is 10.8. The van der Waals surface area contributed by atoms with E-state index in [9.17, 15) is 0 Å². The Kier molecular flexibility index (Phi) is 3.58. The highest BCUT2D eigenvalue weighted by molar-refractivity contribution is 5.83. The van der Waals surface area contributed by atoms with Gasteiger partial charge in [0.15, 0.2) is 0 Å². The van der Waals surface area contributed by atoms with Crippen LogP contribution in [0.15, 0.2) is 55.0 Å². The number of methoxy groups -OCH3 is 2. The number of aryl methyl sites for hydroxylation is 1. The lowest BCUT2D eigenvalue weighted by atomic mass is 10.2. The number of terminal acetylenes is 1. The first-order chi connectivity index (χ1) is 16.9. The molecule has 7 nitrogen and oxygen atoms in total. The highest BCUT2D eigenvalue weighted by Gasteiger charge is 2.13. The van der Waals surface area contributed by atoms with Gasteiger partial charge in [0, 0.05) is 48.4 Å². The third-order valence-electron chi connectivity index (χ3n) is 4.50. The summed E-state index contributed by atoms with van der Waals surface area (Å²) in [5, 5.41) is 4.16. The van der Waals surface area contributed by atoms with Crippen LogP contribution in [0.4, 0.5) is 11.4 Å². The molecule has 2 aromatic heterocycles. The Hall–Kier alpha value is -4.05. The number of anilines is 2. The number of nitrogens with zero attached hydrogens (tertiary/aromatic N) is 5. The van der Waals surface area contributed by atoms with E-state index in [2.05, 4.69) is 16.0 Å². The molecule has 2 heterocycles. The first kappa shape index (κ1) is 13.2. The summed E-state index contributed by atoms with van der Waals surface area (Å²) in [6.45, 7) is 0.0751. The molecule has 0 N–H and O–H groups in total. The predicted octanol–water partition coefficient (Wildman–Crippen LogP) is 3.82. The second-order valence-corrected chi connectivity index (χ2v) is 6.49. The molecule has 0 aliphatic heterocycles. The zero-order valence-electron chi connectivity index (χ0n) is 22.0. The molecule has 0 bridgehead atoms. The third-order valence-corrected chi connectivity index (χ3v) is 4.50. The van der Waals surface area contributed by atoms with Crippen molar-refractivity contribution in [1.29, 1.82) is 0 Å². The quantitative estimate of drug-likeness (QED) is 0.455. The van der Waals surface area contributed by atoms with E-state index in [4.69, 9.17) is 29.1 Å². The minimum Gasteiger partial charge on any atom is -0.497 e. The van der Waals surface area contributed by atoms with Crippen LogP contribution in [0.2, 0.25) is 0 Å². The molecule has 0 saturated carbocycles. The summed E-state index contributed by atoms with van der Waals surface area (Å²) < 4.78 is 56.2. The van der Waals surface area contributed by atoms with Gasteiger partial charge in [-0.25, -0.2) is 4.98 Å². The van der Waals surface area contributed by atoms with Crippen LogP contribution in [-0.4, -0.2) is 40.4 Å². The molecule has 4 rings (SSSR count). The average Bonchev–Trinajstić information content (AvgIpc) is 3.20. The van der Waals surface area contributed by atoms with Gasteiger partial charge in [0.2, 0.25) is 0 Å². The maximum Gasteiger partial charge on any atom is 0.124 e. The Labute approximate surface area is 183 Å². The molecular weight excluding hydrogens is 378 g/mol. The Bertz CT molecular complexity index is 1410. The number of benzene rings is 2. The average molecular weight is 405 g/mol. The normalized spacial score (nSPS) is 14.4. The monoisotopic (exact) mass is 405 g/mol. The standard InChI is InChI=1S/C23H21N5O2/c1-5-8-28(18-9-19(29-3)12-20(10-18)30-4)17-6-7-21-22(11-17)26-23(14-24-21)16-13-25-27(2)15-16/h1,6-7,9-15H,8H2,2-4H3/i3D3,4D3. The number of hydrogen-bond donors (Lipinski definition) is 0. The maximum absolute atomic E-state index is 7.42. The molecule has 0 amide bonds. The molecule has 150 valence electrons. The van der Waals surface area contributed by atoms with Crippen molar-refractivity contribution in [2.45, 2.75) is 0 Å². The van der Waals surface area contributed by atoms with Gasteiger partial charge in [-0.15, -0.1) is 6.42 Å². The number of hydrogen-bond acceptors (Lipinski definition) is 6. The van der Waals surface area contributed by atoms with Gasteiger partial charge < -0.3 is 14.4 Å². The number of aromatic nitrogens is 4. The smallest absolute Gasteiger partial charge is 0.124 e. The van der Waals surface area contributed by atoms with Crippen LogP contribution < -0.4 is 14.4 Å². The molecule has 0 saturated heterocycles. The molecule has 0 spiro atoms. The molecular formula is C23H21N5O2. The van der Waals surface area contributed by atoms with E-state index in [1.807, 2.05) is 13.2 Å². The predicted molar refractivity (Wildman–Crippen MR) is 117 cm³/mol. The minimum absolute atomic E-state index is 0.0751. The molecule has 0 aliphatic rings. The Morgan fingerprint density at radius 2 is 1.87 bits per heavy atom. The number of rotatable bonds is 6. The summed E-state index contributed by atoms with van der Waals surface area (Å²) in [7, 11) is -3.70. The van der Waals surface area contributed by atoms with Crippen molar-refractivity contribution in [3.63, 3.8) is 0 Å². The fourth-order valence-corrected chi connectivity index (χ4v) is 3.11. The van der Waals surface area contributed by atoms with Crippen LogP contribution in [-0.2, 0) is 7.05 Å². The summed E-state index contributed by atoms with van der Waals surface area (Å²) >= 11 is 0. The van der Waals surface area contributed by atoms with E-state index in [0.717, 1.165) is 5.56 Å². The molecule has 2 aromatic carbocycles. The van der Waals surface area contributed by atoms with Gasteiger partial charge in [-0.05, 0) is 18.2 Å². The van der Waals surface area contributed by atoms with Crippen molar-refractivity contribution >= 4 is 22.4 Å². The van der Waals surface area contributed by atoms with E-state index < -0.39 is 14.1 Å². The van der Waals surface area contributed by atoms with Crippen molar-refractivity contribution in [2.75, 3.05) is 25.5 Å². The third kappa shape index (κ3) is 3.76. The van der Waals surface area contributed by atoms with Gasteiger partial charge in [0.1, 0.15) is 11.5 Å². The van der Waals surface area contributed by atoms with Gasteiger partial charge in [-0.1, -0.05) is 5.92 Å². The van der Waals surface area contributed by atoms with Crippen LogP contribution in [0.3, 0.4) is 0 Å². The lowest BCUT2D eigenvalue weighted by molar-refractivity contribution is 0.394. The molecule has 0 atom stereocenters. The van der Waals surface area contributed by atoms with Gasteiger partial charge in [0.25, 0.3) is 0 Å². The van der Waals surface area contributed by atoms with E-state index in [-0.39, 0.29) is 18.0 Å². The van der Waals surface area contributed by atoms with Gasteiger partial charge in [0.05, 0.1) is 58.0 Å². The second kappa shape index (κ2) is 8.13.